The maximum absolute atomic E-state index is 4.87. The fourth-order valence-corrected chi connectivity index (χ4v) is 4.33. The molecule has 2 aromatic rings. The number of likely N-dealkylation sites (N-methyl/N-ethyl adjacent to an activating group) is 1. The standard InChI is InChI=1S/C24H36N6/c1-19-20(2)26-24(27-23(19)25-11-6-14-29-12-4-5-13-29)21-7-9-22(10-8-21)30-17-15-28(3)16-18-30/h7-10H,4-6,11-18H2,1-3H3,(H,25,26,27). The molecule has 0 spiro atoms. The average Bonchev–Trinajstić information content (AvgIpc) is 3.28. The predicted molar refractivity (Wildman–Crippen MR) is 125 cm³/mol. The highest BCUT2D eigenvalue weighted by Crippen LogP contribution is 2.25. The summed E-state index contributed by atoms with van der Waals surface area (Å²) >= 11 is 0. The first kappa shape index (κ1) is 21.1. The van der Waals surface area contributed by atoms with E-state index in [9.17, 15) is 0 Å². The second-order valence-corrected chi connectivity index (χ2v) is 8.77. The lowest BCUT2D eigenvalue weighted by Gasteiger charge is -2.34. The SMILES string of the molecule is Cc1nc(-c2ccc(N3CCN(C)CC3)cc2)nc(NCCCN2CCCC2)c1C. The van der Waals surface area contributed by atoms with Gasteiger partial charge >= 0.3 is 0 Å². The van der Waals surface area contributed by atoms with E-state index >= 15 is 0 Å². The number of hydrogen-bond acceptors (Lipinski definition) is 6. The topological polar surface area (TPSA) is 47.5 Å². The molecule has 2 aliphatic heterocycles. The number of piperazine rings is 1. The van der Waals surface area contributed by atoms with E-state index in [1.807, 2.05) is 0 Å². The summed E-state index contributed by atoms with van der Waals surface area (Å²) in [4.78, 5) is 17.0. The molecule has 3 heterocycles. The zero-order valence-corrected chi connectivity index (χ0v) is 18.8. The third kappa shape index (κ3) is 5.10. The van der Waals surface area contributed by atoms with E-state index in [4.69, 9.17) is 9.97 Å². The van der Waals surface area contributed by atoms with E-state index < -0.39 is 0 Å². The maximum Gasteiger partial charge on any atom is 0.161 e. The van der Waals surface area contributed by atoms with Crippen LogP contribution in [-0.2, 0) is 0 Å². The van der Waals surface area contributed by atoms with Crippen molar-refractivity contribution in [3.05, 3.63) is 35.5 Å². The summed E-state index contributed by atoms with van der Waals surface area (Å²) in [5.41, 5.74) is 4.56. The van der Waals surface area contributed by atoms with Crippen LogP contribution >= 0.6 is 0 Å². The van der Waals surface area contributed by atoms with E-state index in [0.717, 1.165) is 67.6 Å². The molecule has 0 unspecified atom stereocenters. The highest BCUT2D eigenvalue weighted by atomic mass is 15.2. The number of aromatic nitrogens is 2. The van der Waals surface area contributed by atoms with Gasteiger partial charge in [0.25, 0.3) is 0 Å². The Morgan fingerprint density at radius 1 is 0.900 bits per heavy atom. The van der Waals surface area contributed by atoms with Crippen LogP contribution in [0.2, 0.25) is 0 Å². The van der Waals surface area contributed by atoms with Crippen LogP contribution < -0.4 is 10.2 Å². The van der Waals surface area contributed by atoms with Crippen molar-refractivity contribution in [3.63, 3.8) is 0 Å². The van der Waals surface area contributed by atoms with Gasteiger partial charge < -0.3 is 20.0 Å². The van der Waals surface area contributed by atoms with Crippen molar-refractivity contribution in [2.75, 3.05) is 69.6 Å². The van der Waals surface area contributed by atoms with Crippen LogP contribution in [0.15, 0.2) is 24.3 Å². The summed E-state index contributed by atoms with van der Waals surface area (Å²) in [5, 5.41) is 3.56. The zero-order valence-electron chi connectivity index (χ0n) is 18.8. The van der Waals surface area contributed by atoms with Gasteiger partial charge in [0.2, 0.25) is 0 Å². The summed E-state index contributed by atoms with van der Waals surface area (Å²) in [6, 6.07) is 8.74. The van der Waals surface area contributed by atoms with Crippen molar-refractivity contribution in [1.29, 1.82) is 0 Å². The molecule has 0 radical (unpaired) electrons. The number of nitrogens with one attached hydrogen (secondary N) is 1. The van der Waals surface area contributed by atoms with Gasteiger partial charge in [-0.1, -0.05) is 0 Å². The lowest BCUT2D eigenvalue weighted by molar-refractivity contribution is 0.313. The minimum absolute atomic E-state index is 0.810. The average molecular weight is 409 g/mol. The quantitative estimate of drug-likeness (QED) is 0.709. The number of anilines is 2. The minimum atomic E-state index is 0.810. The molecule has 0 saturated carbocycles. The van der Waals surface area contributed by atoms with Crippen LogP contribution in [0.1, 0.15) is 30.5 Å². The molecule has 30 heavy (non-hydrogen) atoms. The second-order valence-electron chi connectivity index (χ2n) is 8.77. The Labute approximate surface area is 181 Å². The second kappa shape index (κ2) is 9.75. The lowest BCUT2D eigenvalue weighted by atomic mass is 10.1. The Kier molecular flexibility index (Phi) is 6.85. The molecule has 0 aliphatic carbocycles. The molecular formula is C24H36N6. The molecule has 2 fully saturated rings. The molecule has 6 heteroatoms. The van der Waals surface area contributed by atoms with Crippen LogP contribution in [-0.4, -0.2) is 79.2 Å². The fraction of sp³-hybridized carbons (Fsp3) is 0.583. The Balaban J connectivity index is 1.40. The summed E-state index contributed by atoms with van der Waals surface area (Å²) in [5.74, 6) is 1.78. The van der Waals surface area contributed by atoms with Crippen molar-refractivity contribution in [2.45, 2.75) is 33.1 Å². The first-order valence-electron chi connectivity index (χ1n) is 11.5. The summed E-state index contributed by atoms with van der Waals surface area (Å²) in [6.07, 6.45) is 3.86. The van der Waals surface area contributed by atoms with Crippen LogP contribution in [0.5, 0.6) is 0 Å². The third-order valence-corrected chi connectivity index (χ3v) is 6.53. The first-order valence-corrected chi connectivity index (χ1v) is 11.5. The van der Waals surface area contributed by atoms with E-state index in [-0.39, 0.29) is 0 Å². The monoisotopic (exact) mass is 408 g/mol. The van der Waals surface area contributed by atoms with Crippen LogP contribution in [0.4, 0.5) is 11.5 Å². The van der Waals surface area contributed by atoms with Crippen LogP contribution in [0, 0.1) is 13.8 Å². The van der Waals surface area contributed by atoms with E-state index in [2.05, 4.69) is 65.2 Å². The Morgan fingerprint density at radius 3 is 2.30 bits per heavy atom. The van der Waals surface area contributed by atoms with Gasteiger partial charge in [-0.25, -0.2) is 9.97 Å². The smallest absolute Gasteiger partial charge is 0.161 e. The largest absolute Gasteiger partial charge is 0.370 e. The lowest BCUT2D eigenvalue weighted by Crippen LogP contribution is -2.44. The fourth-order valence-electron chi connectivity index (χ4n) is 4.33. The predicted octanol–water partition coefficient (Wildman–Crippen LogP) is 3.41. The zero-order chi connectivity index (χ0) is 20.9. The number of rotatable bonds is 7. The highest BCUT2D eigenvalue weighted by molar-refractivity contribution is 5.63. The van der Waals surface area contributed by atoms with Gasteiger partial charge in [0.05, 0.1) is 0 Å². The Hall–Kier alpha value is -2.18. The molecule has 1 aromatic heterocycles. The van der Waals surface area contributed by atoms with E-state index in [0.29, 0.717) is 0 Å². The molecule has 0 atom stereocenters. The van der Waals surface area contributed by atoms with Crippen molar-refractivity contribution in [1.82, 2.24) is 19.8 Å². The van der Waals surface area contributed by atoms with Gasteiger partial charge in [0.15, 0.2) is 5.82 Å². The van der Waals surface area contributed by atoms with Crippen molar-refractivity contribution in [3.8, 4) is 11.4 Å². The summed E-state index contributed by atoms with van der Waals surface area (Å²) < 4.78 is 0. The van der Waals surface area contributed by atoms with Crippen LogP contribution in [0.25, 0.3) is 11.4 Å². The number of aryl methyl sites for hydroxylation is 1. The Morgan fingerprint density at radius 2 is 1.60 bits per heavy atom. The summed E-state index contributed by atoms with van der Waals surface area (Å²) in [7, 11) is 2.19. The molecule has 2 saturated heterocycles. The molecule has 6 nitrogen and oxygen atoms in total. The van der Waals surface area contributed by atoms with Gasteiger partial charge in [0, 0.05) is 55.2 Å². The van der Waals surface area contributed by atoms with Gasteiger partial charge in [-0.3, -0.25) is 0 Å². The first-order chi connectivity index (χ1) is 14.6. The molecule has 2 aliphatic rings. The molecule has 1 N–H and O–H groups in total. The van der Waals surface area contributed by atoms with Crippen molar-refractivity contribution in [2.24, 2.45) is 0 Å². The van der Waals surface area contributed by atoms with Crippen LogP contribution in [0.3, 0.4) is 0 Å². The van der Waals surface area contributed by atoms with E-state index in [1.54, 1.807) is 0 Å². The normalized spacial score (nSPS) is 18.2. The van der Waals surface area contributed by atoms with Gasteiger partial charge in [0.1, 0.15) is 5.82 Å². The van der Waals surface area contributed by atoms with Crippen molar-refractivity contribution < 1.29 is 0 Å². The molecule has 4 rings (SSSR count). The van der Waals surface area contributed by atoms with Gasteiger partial charge in [-0.05, 0) is 84.1 Å². The van der Waals surface area contributed by atoms with Gasteiger partial charge in [-0.15, -0.1) is 0 Å². The third-order valence-electron chi connectivity index (χ3n) is 6.53. The van der Waals surface area contributed by atoms with E-state index in [1.165, 1.54) is 38.2 Å². The molecule has 0 bridgehead atoms. The number of nitrogens with zero attached hydrogens (tertiary/aromatic N) is 5. The highest BCUT2D eigenvalue weighted by Gasteiger charge is 2.15. The maximum atomic E-state index is 4.87. The molecule has 1 aromatic carbocycles. The minimum Gasteiger partial charge on any atom is -0.370 e. The van der Waals surface area contributed by atoms with Gasteiger partial charge in [-0.2, -0.15) is 0 Å². The number of benzene rings is 1. The molecule has 0 amide bonds. The molecule has 162 valence electrons. The number of likely N-dealkylation sites (tertiary alicyclic amines) is 1. The molecular weight excluding hydrogens is 372 g/mol. The summed E-state index contributed by atoms with van der Waals surface area (Å²) in [6.45, 7) is 13.3. The Bertz CT molecular complexity index is 820. The van der Waals surface area contributed by atoms with Crippen molar-refractivity contribution >= 4 is 11.5 Å². The number of hydrogen-bond donors (Lipinski definition) is 1.